The van der Waals surface area contributed by atoms with Crippen LogP contribution in [0.3, 0.4) is 0 Å². The molecule has 0 fully saturated rings. The number of halogens is 1. The zero-order chi connectivity index (χ0) is 7.11. The second-order valence-electron chi connectivity index (χ2n) is 1.78. The summed E-state index contributed by atoms with van der Waals surface area (Å²) in [6.45, 7) is 3.72. The van der Waals surface area contributed by atoms with Gasteiger partial charge in [0.1, 0.15) is 0 Å². The first-order chi connectivity index (χ1) is 4.31. The number of hydrogen-bond donors (Lipinski definition) is 2. The maximum atomic E-state index is 10.5. The molecule has 0 saturated carbocycles. The molecule has 0 unspecified atom stereocenters. The third-order valence-electron chi connectivity index (χ3n) is 1.06. The predicted molar refractivity (Wildman–Crippen MR) is 44.5 cm³/mol. The molecule has 0 spiro atoms. The normalized spacial score (nSPS) is 8.20. The van der Waals surface area contributed by atoms with Gasteiger partial charge < -0.3 is 10.6 Å². The molecule has 2 N–H and O–H groups in total. The predicted octanol–water partition coefficient (Wildman–Crippen LogP) is 0.154. The molecule has 0 aliphatic carbocycles. The number of amides is 1. The van der Waals surface area contributed by atoms with Crippen LogP contribution in [-0.2, 0) is 4.79 Å². The van der Waals surface area contributed by atoms with Crippen molar-refractivity contribution in [1.29, 1.82) is 0 Å². The summed E-state index contributed by atoms with van der Waals surface area (Å²) in [5.74, 6) is 0.0935. The summed E-state index contributed by atoms with van der Waals surface area (Å²) >= 11 is 0. The van der Waals surface area contributed by atoms with E-state index >= 15 is 0 Å². The Morgan fingerprint density at radius 2 is 2.10 bits per heavy atom. The fourth-order valence-corrected chi connectivity index (χ4v) is 0.504. The van der Waals surface area contributed by atoms with Gasteiger partial charge in [-0.2, -0.15) is 0 Å². The maximum Gasteiger partial charge on any atom is 0.221 e. The maximum absolute atomic E-state index is 10.5. The molecule has 0 aliphatic rings. The molecule has 0 aliphatic heterocycles. The monoisotopic (exact) mass is 166 g/mol. The Hall–Kier alpha value is -0.280. The first kappa shape index (κ1) is 12.4. The summed E-state index contributed by atoms with van der Waals surface area (Å²) in [6.07, 6.45) is 0.574. The molecular formula is C6H15ClN2O. The van der Waals surface area contributed by atoms with Gasteiger partial charge in [0, 0.05) is 20.0 Å². The first-order valence-electron chi connectivity index (χ1n) is 3.22. The number of carbonyl (C=O) groups is 1. The SMILES string of the molecule is CCNCCC(=O)NC.Cl. The van der Waals surface area contributed by atoms with Crippen molar-refractivity contribution in [2.24, 2.45) is 0 Å². The van der Waals surface area contributed by atoms with Crippen LogP contribution in [0, 0.1) is 0 Å². The summed E-state index contributed by atoms with van der Waals surface area (Å²) in [5.41, 5.74) is 0. The Balaban J connectivity index is 0. The standard InChI is InChI=1S/C6H14N2O.ClH/c1-3-8-5-4-6(9)7-2;/h8H,3-5H2,1-2H3,(H,7,9);1H. The van der Waals surface area contributed by atoms with E-state index in [4.69, 9.17) is 0 Å². The van der Waals surface area contributed by atoms with E-state index in [2.05, 4.69) is 10.6 Å². The van der Waals surface area contributed by atoms with Crippen LogP contribution in [0.4, 0.5) is 0 Å². The molecule has 0 saturated heterocycles. The fraction of sp³-hybridized carbons (Fsp3) is 0.833. The Morgan fingerprint density at radius 3 is 2.50 bits per heavy atom. The molecule has 0 aromatic rings. The van der Waals surface area contributed by atoms with Crippen molar-refractivity contribution in [3.05, 3.63) is 0 Å². The quantitative estimate of drug-likeness (QED) is 0.584. The average molecular weight is 167 g/mol. The van der Waals surface area contributed by atoms with Crippen molar-refractivity contribution in [3.8, 4) is 0 Å². The Morgan fingerprint density at radius 1 is 1.50 bits per heavy atom. The van der Waals surface area contributed by atoms with Gasteiger partial charge in [-0.1, -0.05) is 6.92 Å². The molecule has 62 valence electrons. The minimum atomic E-state index is 0. The molecule has 0 aromatic carbocycles. The van der Waals surface area contributed by atoms with E-state index in [9.17, 15) is 4.79 Å². The lowest BCUT2D eigenvalue weighted by molar-refractivity contribution is -0.120. The molecule has 3 nitrogen and oxygen atoms in total. The van der Waals surface area contributed by atoms with Crippen molar-refractivity contribution in [2.45, 2.75) is 13.3 Å². The van der Waals surface area contributed by atoms with Crippen LogP contribution in [0.5, 0.6) is 0 Å². The molecule has 0 rings (SSSR count). The van der Waals surface area contributed by atoms with Gasteiger partial charge in [0.2, 0.25) is 5.91 Å². The molecule has 0 heterocycles. The Bertz CT molecular complexity index is 87.8. The molecular weight excluding hydrogens is 152 g/mol. The van der Waals surface area contributed by atoms with Gasteiger partial charge in [0.25, 0.3) is 0 Å². The average Bonchev–Trinajstić information content (AvgIpc) is 1.89. The zero-order valence-electron chi connectivity index (χ0n) is 6.44. The molecule has 10 heavy (non-hydrogen) atoms. The van der Waals surface area contributed by atoms with Crippen molar-refractivity contribution in [2.75, 3.05) is 20.1 Å². The smallest absolute Gasteiger partial charge is 0.221 e. The van der Waals surface area contributed by atoms with E-state index in [0.717, 1.165) is 13.1 Å². The molecule has 4 heteroatoms. The fourth-order valence-electron chi connectivity index (χ4n) is 0.504. The molecule has 0 atom stereocenters. The van der Waals surface area contributed by atoms with Crippen LogP contribution in [0.25, 0.3) is 0 Å². The van der Waals surface area contributed by atoms with Gasteiger partial charge >= 0.3 is 0 Å². The second kappa shape index (κ2) is 8.72. The minimum Gasteiger partial charge on any atom is -0.359 e. The Kier molecular flexibility index (Phi) is 10.8. The third-order valence-corrected chi connectivity index (χ3v) is 1.06. The highest BCUT2D eigenvalue weighted by molar-refractivity contribution is 5.85. The highest BCUT2D eigenvalue weighted by atomic mass is 35.5. The topological polar surface area (TPSA) is 41.1 Å². The van der Waals surface area contributed by atoms with E-state index in [0.29, 0.717) is 6.42 Å². The van der Waals surface area contributed by atoms with Crippen LogP contribution in [0.2, 0.25) is 0 Å². The lowest BCUT2D eigenvalue weighted by atomic mass is 10.4. The van der Waals surface area contributed by atoms with Gasteiger partial charge in [0.15, 0.2) is 0 Å². The molecule has 1 amide bonds. The third kappa shape index (κ3) is 7.72. The first-order valence-corrected chi connectivity index (χ1v) is 3.22. The summed E-state index contributed by atoms with van der Waals surface area (Å²) in [5, 5.41) is 5.60. The summed E-state index contributed by atoms with van der Waals surface area (Å²) in [6, 6.07) is 0. The minimum absolute atomic E-state index is 0. The van der Waals surface area contributed by atoms with E-state index in [-0.39, 0.29) is 18.3 Å². The zero-order valence-corrected chi connectivity index (χ0v) is 7.25. The lowest BCUT2D eigenvalue weighted by Crippen LogP contribution is -2.24. The van der Waals surface area contributed by atoms with E-state index in [1.54, 1.807) is 7.05 Å². The van der Waals surface area contributed by atoms with Gasteiger partial charge in [-0.3, -0.25) is 4.79 Å². The number of carbonyl (C=O) groups excluding carboxylic acids is 1. The van der Waals surface area contributed by atoms with Crippen LogP contribution < -0.4 is 10.6 Å². The van der Waals surface area contributed by atoms with Crippen LogP contribution in [0.1, 0.15) is 13.3 Å². The molecule has 0 bridgehead atoms. The number of rotatable bonds is 4. The van der Waals surface area contributed by atoms with E-state index < -0.39 is 0 Å². The van der Waals surface area contributed by atoms with E-state index in [1.807, 2.05) is 6.92 Å². The van der Waals surface area contributed by atoms with Gasteiger partial charge in [0.05, 0.1) is 0 Å². The second-order valence-corrected chi connectivity index (χ2v) is 1.78. The molecule has 0 aromatic heterocycles. The van der Waals surface area contributed by atoms with Crippen molar-refractivity contribution >= 4 is 18.3 Å². The molecule has 0 radical (unpaired) electrons. The van der Waals surface area contributed by atoms with Crippen molar-refractivity contribution in [3.63, 3.8) is 0 Å². The lowest BCUT2D eigenvalue weighted by Gasteiger charge is -1.98. The summed E-state index contributed by atoms with van der Waals surface area (Å²) in [4.78, 5) is 10.5. The largest absolute Gasteiger partial charge is 0.359 e. The number of nitrogens with one attached hydrogen (secondary N) is 2. The summed E-state index contributed by atoms with van der Waals surface area (Å²) < 4.78 is 0. The highest BCUT2D eigenvalue weighted by Crippen LogP contribution is 1.73. The van der Waals surface area contributed by atoms with Crippen molar-refractivity contribution < 1.29 is 4.79 Å². The van der Waals surface area contributed by atoms with Gasteiger partial charge in [-0.15, -0.1) is 12.4 Å². The Labute approximate surface area is 68.0 Å². The van der Waals surface area contributed by atoms with Gasteiger partial charge in [-0.25, -0.2) is 0 Å². The number of hydrogen-bond acceptors (Lipinski definition) is 2. The van der Waals surface area contributed by atoms with Crippen LogP contribution >= 0.6 is 12.4 Å². The van der Waals surface area contributed by atoms with Crippen LogP contribution in [-0.4, -0.2) is 26.0 Å². The summed E-state index contributed by atoms with van der Waals surface area (Å²) in [7, 11) is 1.65. The van der Waals surface area contributed by atoms with Crippen molar-refractivity contribution in [1.82, 2.24) is 10.6 Å². The van der Waals surface area contributed by atoms with E-state index in [1.165, 1.54) is 0 Å². The van der Waals surface area contributed by atoms with Gasteiger partial charge in [-0.05, 0) is 6.54 Å². The highest BCUT2D eigenvalue weighted by Gasteiger charge is 1.93. The van der Waals surface area contributed by atoms with Crippen LogP contribution in [0.15, 0.2) is 0 Å².